The Morgan fingerprint density at radius 1 is 1.38 bits per heavy atom. The summed E-state index contributed by atoms with van der Waals surface area (Å²) in [6, 6.07) is 5.59. The summed E-state index contributed by atoms with van der Waals surface area (Å²) in [4.78, 5) is 26.0. The molecule has 1 unspecified atom stereocenters. The molecule has 1 aromatic carbocycles. The van der Waals surface area contributed by atoms with E-state index in [2.05, 4.69) is 5.32 Å². The van der Waals surface area contributed by atoms with Crippen LogP contribution in [0.5, 0.6) is 11.5 Å². The number of benzene rings is 1. The Balaban J connectivity index is 1.48. The van der Waals surface area contributed by atoms with Gasteiger partial charge in [-0.1, -0.05) is 6.07 Å². The summed E-state index contributed by atoms with van der Waals surface area (Å²) in [6.07, 6.45) is 1.06. The average molecular weight is 334 g/mol. The minimum absolute atomic E-state index is 0.0364. The number of hydrogen-bond acceptors (Lipinski definition) is 5. The van der Waals surface area contributed by atoms with Crippen molar-refractivity contribution in [2.24, 2.45) is 5.92 Å². The van der Waals surface area contributed by atoms with E-state index in [1.807, 2.05) is 18.2 Å². The zero-order valence-electron chi connectivity index (χ0n) is 13.7. The van der Waals surface area contributed by atoms with Crippen LogP contribution in [0.25, 0.3) is 0 Å². The first-order valence-corrected chi connectivity index (χ1v) is 8.10. The zero-order chi connectivity index (χ0) is 16.9. The molecule has 3 rings (SSSR count). The van der Waals surface area contributed by atoms with Crippen molar-refractivity contribution in [1.82, 2.24) is 10.2 Å². The Morgan fingerprint density at radius 3 is 3.04 bits per heavy atom. The highest BCUT2D eigenvalue weighted by molar-refractivity contribution is 5.89. The predicted octanol–water partition coefficient (Wildman–Crippen LogP) is 0.916. The van der Waals surface area contributed by atoms with E-state index in [-0.39, 0.29) is 30.9 Å². The van der Waals surface area contributed by atoms with E-state index >= 15 is 0 Å². The number of carbonyl (C=O) groups is 2. The van der Waals surface area contributed by atoms with E-state index in [9.17, 15) is 9.59 Å². The van der Waals surface area contributed by atoms with Crippen LogP contribution in [-0.4, -0.2) is 50.3 Å². The Morgan fingerprint density at radius 2 is 2.21 bits per heavy atom. The molecule has 7 nitrogen and oxygen atoms in total. The van der Waals surface area contributed by atoms with Crippen molar-refractivity contribution >= 4 is 11.8 Å². The van der Waals surface area contributed by atoms with Crippen molar-refractivity contribution < 1.29 is 23.8 Å². The quantitative estimate of drug-likeness (QED) is 0.750. The fraction of sp³-hybridized carbons (Fsp3) is 0.529. The second-order valence-corrected chi connectivity index (χ2v) is 5.99. The van der Waals surface area contributed by atoms with Crippen LogP contribution in [0.4, 0.5) is 0 Å². The average Bonchev–Trinajstić information content (AvgIpc) is 3.19. The summed E-state index contributed by atoms with van der Waals surface area (Å²) in [5.41, 5.74) is 0.939. The molecule has 24 heavy (non-hydrogen) atoms. The van der Waals surface area contributed by atoms with Crippen molar-refractivity contribution in [3.05, 3.63) is 23.8 Å². The topological polar surface area (TPSA) is 77.1 Å². The Hall–Kier alpha value is -2.28. The fourth-order valence-electron chi connectivity index (χ4n) is 2.95. The van der Waals surface area contributed by atoms with Gasteiger partial charge in [0.25, 0.3) is 0 Å². The first-order chi connectivity index (χ1) is 11.7. The molecule has 2 aliphatic heterocycles. The molecular formula is C17H22N2O5. The lowest BCUT2D eigenvalue weighted by atomic mass is 10.1. The van der Waals surface area contributed by atoms with E-state index < -0.39 is 0 Å². The van der Waals surface area contributed by atoms with Crippen molar-refractivity contribution in [1.29, 1.82) is 0 Å². The third kappa shape index (κ3) is 3.79. The van der Waals surface area contributed by atoms with Crippen LogP contribution in [-0.2, 0) is 20.9 Å². The molecule has 1 saturated heterocycles. The van der Waals surface area contributed by atoms with Gasteiger partial charge in [-0.05, 0) is 24.1 Å². The third-order valence-corrected chi connectivity index (χ3v) is 4.27. The summed E-state index contributed by atoms with van der Waals surface area (Å²) in [5, 5.41) is 2.90. The van der Waals surface area contributed by atoms with Gasteiger partial charge in [-0.25, -0.2) is 0 Å². The van der Waals surface area contributed by atoms with Gasteiger partial charge >= 0.3 is 0 Å². The smallest absolute Gasteiger partial charge is 0.231 e. The molecule has 1 aromatic rings. The highest BCUT2D eigenvalue weighted by Gasteiger charge is 2.33. The number of ether oxygens (including phenoxy) is 3. The number of amides is 2. The first kappa shape index (κ1) is 16.6. The first-order valence-electron chi connectivity index (χ1n) is 8.10. The number of carbonyl (C=O) groups excluding carboxylic acids is 2. The minimum Gasteiger partial charge on any atom is -0.454 e. The monoisotopic (exact) mass is 334 g/mol. The Kier molecular flexibility index (Phi) is 5.20. The molecule has 130 valence electrons. The van der Waals surface area contributed by atoms with Gasteiger partial charge in [0, 0.05) is 39.8 Å². The molecule has 2 heterocycles. The van der Waals surface area contributed by atoms with Gasteiger partial charge in [0.2, 0.25) is 18.6 Å². The number of fused-ring (bicyclic) bond motifs is 1. The highest BCUT2D eigenvalue weighted by Crippen LogP contribution is 2.32. The van der Waals surface area contributed by atoms with Gasteiger partial charge in [0.15, 0.2) is 11.5 Å². The summed E-state index contributed by atoms with van der Waals surface area (Å²) < 4.78 is 15.6. The van der Waals surface area contributed by atoms with Crippen LogP contribution in [0.2, 0.25) is 0 Å². The molecule has 0 aliphatic carbocycles. The molecule has 0 saturated carbocycles. The summed E-state index contributed by atoms with van der Waals surface area (Å²) in [5.74, 6) is 1.08. The third-order valence-electron chi connectivity index (χ3n) is 4.27. The van der Waals surface area contributed by atoms with Crippen LogP contribution in [0.1, 0.15) is 18.4 Å². The number of likely N-dealkylation sites (tertiary alicyclic amines) is 1. The lowest BCUT2D eigenvalue weighted by Crippen LogP contribution is -2.33. The minimum atomic E-state index is -0.283. The molecule has 7 heteroatoms. The van der Waals surface area contributed by atoms with E-state index in [0.29, 0.717) is 32.0 Å². The molecule has 0 aromatic heterocycles. The molecule has 0 spiro atoms. The van der Waals surface area contributed by atoms with Gasteiger partial charge < -0.3 is 24.4 Å². The SMILES string of the molecule is COCCCN1CC(C(=O)NCc2ccc3c(c2)OCO3)CC1=O. The Labute approximate surface area is 140 Å². The zero-order valence-corrected chi connectivity index (χ0v) is 13.7. The van der Waals surface area contributed by atoms with Crippen LogP contribution in [0.3, 0.4) is 0 Å². The second-order valence-electron chi connectivity index (χ2n) is 5.99. The number of methoxy groups -OCH3 is 1. The lowest BCUT2D eigenvalue weighted by molar-refractivity contribution is -0.129. The number of nitrogens with one attached hydrogen (secondary N) is 1. The number of nitrogens with zero attached hydrogens (tertiary/aromatic N) is 1. The van der Waals surface area contributed by atoms with Crippen molar-refractivity contribution in [3.8, 4) is 11.5 Å². The van der Waals surface area contributed by atoms with E-state index in [0.717, 1.165) is 17.7 Å². The maximum absolute atomic E-state index is 12.3. The second kappa shape index (κ2) is 7.53. The number of hydrogen-bond donors (Lipinski definition) is 1. The van der Waals surface area contributed by atoms with Crippen LogP contribution >= 0.6 is 0 Å². The lowest BCUT2D eigenvalue weighted by Gasteiger charge is -2.16. The van der Waals surface area contributed by atoms with Gasteiger partial charge in [-0.2, -0.15) is 0 Å². The summed E-state index contributed by atoms with van der Waals surface area (Å²) in [7, 11) is 1.64. The van der Waals surface area contributed by atoms with E-state index in [4.69, 9.17) is 14.2 Å². The maximum Gasteiger partial charge on any atom is 0.231 e. The number of rotatable bonds is 7. The molecule has 2 aliphatic rings. The van der Waals surface area contributed by atoms with E-state index in [1.165, 1.54) is 0 Å². The van der Waals surface area contributed by atoms with Gasteiger partial charge in [0.05, 0.1) is 5.92 Å². The molecule has 0 radical (unpaired) electrons. The molecule has 0 bridgehead atoms. The summed E-state index contributed by atoms with van der Waals surface area (Å²) >= 11 is 0. The fourth-order valence-corrected chi connectivity index (χ4v) is 2.95. The van der Waals surface area contributed by atoms with Gasteiger partial charge in [0.1, 0.15) is 0 Å². The Bertz CT molecular complexity index is 619. The maximum atomic E-state index is 12.3. The summed E-state index contributed by atoms with van der Waals surface area (Å²) in [6.45, 7) is 2.37. The van der Waals surface area contributed by atoms with Crippen LogP contribution in [0.15, 0.2) is 18.2 Å². The van der Waals surface area contributed by atoms with Crippen LogP contribution < -0.4 is 14.8 Å². The van der Waals surface area contributed by atoms with Gasteiger partial charge in [-0.15, -0.1) is 0 Å². The van der Waals surface area contributed by atoms with Crippen LogP contribution in [0, 0.1) is 5.92 Å². The van der Waals surface area contributed by atoms with E-state index in [1.54, 1.807) is 12.0 Å². The van der Waals surface area contributed by atoms with Gasteiger partial charge in [-0.3, -0.25) is 9.59 Å². The molecule has 2 amide bonds. The van der Waals surface area contributed by atoms with Crippen molar-refractivity contribution in [2.45, 2.75) is 19.4 Å². The molecule has 1 fully saturated rings. The highest BCUT2D eigenvalue weighted by atomic mass is 16.7. The van der Waals surface area contributed by atoms with Crippen molar-refractivity contribution in [3.63, 3.8) is 0 Å². The molecule has 1 atom stereocenters. The largest absolute Gasteiger partial charge is 0.454 e. The molecule has 1 N–H and O–H groups in total. The predicted molar refractivity (Wildman–Crippen MR) is 85.6 cm³/mol. The molecular weight excluding hydrogens is 312 g/mol. The normalized spacial score (nSPS) is 19.0. The standard InChI is InChI=1S/C17H22N2O5/c1-22-6-2-5-19-10-13(8-16(19)20)17(21)18-9-12-3-4-14-15(7-12)24-11-23-14/h3-4,7,13H,2,5-6,8-11H2,1H3,(H,18,21). The van der Waals surface area contributed by atoms with Crippen molar-refractivity contribution in [2.75, 3.05) is 33.6 Å².